The van der Waals surface area contributed by atoms with E-state index < -0.39 is 0 Å². The van der Waals surface area contributed by atoms with Crippen molar-refractivity contribution in [1.82, 2.24) is 10.2 Å². The Kier molecular flexibility index (Phi) is 2.29. The van der Waals surface area contributed by atoms with Crippen molar-refractivity contribution in [1.29, 1.82) is 0 Å². The van der Waals surface area contributed by atoms with E-state index in [9.17, 15) is 0 Å². The second-order valence-corrected chi connectivity index (χ2v) is 4.27. The maximum Gasteiger partial charge on any atom is 0.377 e. The summed E-state index contributed by atoms with van der Waals surface area (Å²) in [5.41, 5.74) is 1.06. The summed E-state index contributed by atoms with van der Waals surface area (Å²) in [6.45, 7) is 1.97. The molecule has 0 amide bonds. The summed E-state index contributed by atoms with van der Waals surface area (Å²) in [5, 5.41) is 11.3. The van der Waals surface area contributed by atoms with E-state index in [2.05, 4.69) is 20.1 Å². The molecular formula is C11H12ClN4+. The normalized spacial score (nSPS) is 14.3. The summed E-state index contributed by atoms with van der Waals surface area (Å²) in [6, 6.07) is 7.79. The first-order valence-electron chi connectivity index (χ1n) is 5.32. The number of nitrogens with one attached hydrogen (secondary N) is 2. The van der Waals surface area contributed by atoms with Gasteiger partial charge >= 0.3 is 5.95 Å². The Hall–Kier alpha value is -1.55. The van der Waals surface area contributed by atoms with Crippen LogP contribution in [-0.2, 0) is 6.54 Å². The summed E-state index contributed by atoms with van der Waals surface area (Å²) in [6.07, 6.45) is 1.12. The minimum absolute atomic E-state index is 0.741. The van der Waals surface area contributed by atoms with E-state index in [1.54, 1.807) is 0 Å². The third-order valence-corrected chi connectivity index (χ3v) is 2.97. The van der Waals surface area contributed by atoms with Crippen LogP contribution in [0.25, 0.3) is 11.4 Å². The van der Waals surface area contributed by atoms with Gasteiger partial charge in [0.05, 0.1) is 13.1 Å². The Labute approximate surface area is 98.3 Å². The second kappa shape index (κ2) is 3.79. The average molecular weight is 236 g/mol. The van der Waals surface area contributed by atoms with E-state index in [-0.39, 0.29) is 0 Å². The van der Waals surface area contributed by atoms with Gasteiger partial charge in [0, 0.05) is 22.1 Å². The number of H-pyrrole nitrogens is 1. The highest BCUT2D eigenvalue weighted by Crippen LogP contribution is 2.19. The molecule has 1 aromatic carbocycles. The molecule has 1 aliphatic rings. The highest BCUT2D eigenvalue weighted by atomic mass is 35.5. The summed E-state index contributed by atoms with van der Waals surface area (Å²) in [5.74, 6) is 1.91. The van der Waals surface area contributed by atoms with E-state index in [4.69, 9.17) is 11.6 Å². The second-order valence-electron chi connectivity index (χ2n) is 3.84. The quantitative estimate of drug-likeness (QED) is 0.741. The first kappa shape index (κ1) is 9.66. The van der Waals surface area contributed by atoms with Crippen LogP contribution < -0.4 is 9.88 Å². The van der Waals surface area contributed by atoms with Gasteiger partial charge in [-0.3, -0.25) is 5.32 Å². The van der Waals surface area contributed by atoms with Crippen LogP contribution in [0.4, 0.5) is 5.95 Å². The van der Waals surface area contributed by atoms with E-state index in [0.717, 1.165) is 41.9 Å². The SMILES string of the molecule is Clc1cccc(-c2[nH]nc3[n+]2CCCN3)c1. The highest BCUT2D eigenvalue weighted by Gasteiger charge is 2.22. The highest BCUT2D eigenvalue weighted by molar-refractivity contribution is 6.30. The fraction of sp³-hybridized carbons (Fsp3) is 0.273. The molecule has 0 fully saturated rings. The summed E-state index contributed by atoms with van der Waals surface area (Å²) in [4.78, 5) is 0. The molecule has 5 heteroatoms. The van der Waals surface area contributed by atoms with Gasteiger partial charge in [0.1, 0.15) is 0 Å². The molecule has 0 radical (unpaired) electrons. The Morgan fingerprint density at radius 1 is 1.38 bits per heavy atom. The maximum atomic E-state index is 5.99. The molecule has 0 unspecified atom stereocenters. The monoisotopic (exact) mass is 235 g/mol. The van der Waals surface area contributed by atoms with Crippen molar-refractivity contribution >= 4 is 17.5 Å². The van der Waals surface area contributed by atoms with Crippen LogP contribution in [0.5, 0.6) is 0 Å². The lowest BCUT2D eigenvalue weighted by Crippen LogP contribution is -2.42. The Morgan fingerprint density at radius 3 is 3.19 bits per heavy atom. The molecule has 3 rings (SSSR count). The van der Waals surface area contributed by atoms with Crippen molar-refractivity contribution in [3.05, 3.63) is 29.3 Å². The first-order valence-corrected chi connectivity index (χ1v) is 5.70. The molecule has 82 valence electrons. The van der Waals surface area contributed by atoms with Crippen molar-refractivity contribution in [3.8, 4) is 11.4 Å². The zero-order chi connectivity index (χ0) is 11.0. The van der Waals surface area contributed by atoms with Crippen LogP contribution in [0.3, 0.4) is 0 Å². The van der Waals surface area contributed by atoms with Gasteiger partial charge in [-0.05, 0) is 18.2 Å². The van der Waals surface area contributed by atoms with Crippen LogP contribution in [-0.4, -0.2) is 16.7 Å². The number of halogens is 1. The third kappa shape index (κ3) is 1.55. The molecule has 2 N–H and O–H groups in total. The molecular weight excluding hydrogens is 224 g/mol. The maximum absolute atomic E-state index is 5.99. The molecule has 0 aliphatic carbocycles. The average Bonchev–Trinajstić information content (AvgIpc) is 2.72. The fourth-order valence-electron chi connectivity index (χ4n) is 1.98. The minimum atomic E-state index is 0.741. The molecule has 0 saturated carbocycles. The number of aromatic amines is 1. The number of benzene rings is 1. The molecule has 2 aromatic rings. The largest absolute Gasteiger partial charge is 0.377 e. The van der Waals surface area contributed by atoms with Crippen molar-refractivity contribution in [2.45, 2.75) is 13.0 Å². The van der Waals surface area contributed by atoms with Crippen LogP contribution in [0, 0.1) is 0 Å². The van der Waals surface area contributed by atoms with Gasteiger partial charge in [0.15, 0.2) is 0 Å². The van der Waals surface area contributed by atoms with Gasteiger partial charge in [-0.15, -0.1) is 0 Å². The van der Waals surface area contributed by atoms with Gasteiger partial charge < -0.3 is 0 Å². The molecule has 1 aromatic heterocycles. The van der Waals surface area contributed by atoms with Gasteiger partial charge in [-0.2, -0.15) is 5.10 Å². The number of anilines is 1. The lowest BCUT2D eigenvalue weighted by molar-refractivity contribution is -0.675. The topological polar surface area (TPSA) is 44.6 Å². The standard InChI is InChI=1S/C11H11ClN4/c12-9-4-1-3-8(7-9)10-14-15-11-13-5-2-6-16(10)11/h1,3-4,7H,2,5-6H2,(H,13,15)/p+1. The number of fused-ring (bicyclic) bond motifs is 1. The number of nitrogens with zero attached hydrogens (tertiary/aromatic N) is 2. The molecule has 2 heterocycles. The zero-order valence-electron chi connectivity index (χ0n) is 8.70. The smallest absolute Gasteiger partial charge is 0.292 e. The molecule has 0 bridgehead atoms. The van der Waals surface area contributed by atoms with Crippen LogP contribution in [0.2, 0.25) is 5.02 Å². The number of aromatic nitrogens is 3. The molecule has 0 spiro atoms. The Bertz CT molecular complexity index is 520. The Morgan fingerprint density at radius 2 is 2.31 bits per heavy atom. The van der Waals surface area contributed by atoms with Crippen LogP contribution in [0.15, 0.2) is 24.3 Å². The van der Waals surface area contributed by atoms with Gasteiger partial charge in [0.25, 0.3) is 0 Å². The molecule has 0 atom stereocenters. The van der Waals surface area contributed by atoms with Gasteiger partial charge in [-0.1, -0.05) is 17.7 Å². The van der Waals surface area contributed by atoms with Crippen molar-refractivity contribution in [2.75, 3.05) is 11.9 Å². The van der Waals surface area contributed by atoms with Crippen molar-refractivity contribution in [3.63, 3.8) is 0 Å². The van der Waals surface area contributed by atoms with E-state index >= 15 is 0 Å². The van der Waals surface area contributed by atoms with E-state index in [0.29, 0.717) is 0 Å². The van der Waals surface area contributed by atoms with Crippen LogP contribution >= 0.6 is 11.6 Å². The zero-order valence-corrected chi connectivity index (χ0v) is 9.46. The van der Waals surface area contributed by atoms with Gasteiger partial charge in [-0.25, -0.2) is 4.57 Å². The number of rotatable bonds is 1. The molecule has 4 nitrogen and oxygen atoms in total. The lowest BCUT2D eigenvalue weighted by Gasteiger charge is -2.10. The van der Waals surface area contributed by atoms with Crippen molar-refractivity contribution in [2.24, 2.45) is 0 Å². The minimum Gasteiger partial charge on any atom is -0.292 e. The third-order valence-electron chi connectivity index (χ3n) is 2.73. The predicted molar refractivity (Wildman–Crippen MR) is 62.3 cm³/mol. The van der Waals surface area contributed by atoms with Crippen LogP contribution in [0.1, 0.15) is 6.42 Å². The van der Waals surface area contributed by atoms with Crippen molar-refractivity contribution < 1.29 is 4.57 Å². The van der Waals surface area contributed by atoms with E-state index in [1.807, 2.05) is 24.3 Å². The predicted octanol–water partition coefficient (Wildman–Crippen LogP) is 1.83. The molecule has 1 aliphatic heterocycles. The first-order chi connectivity index (χ1) is 7.84. The molecule has 16 heavy (non-hydrogen) atoms. The fourth-order valence-corrected chi connectivity index (χ4v) is 2.17. The number of hydrogen-bond donors (Lipinski definition) is 2. The van der Waals surface area contributed by atoms with Gasteiger partial charge in [0.2, 0.25) is 5.82 Å². The summed E-state index contributed by atoms with van der Waals surface area (Å²) < 4.78 is 2.15. The number of hydrogen-bond acceptors (Lipinski definition) is 2. The lowest BCUT2D eigenvalue weighted by atomic mass is 10.2. The Balaban J connectivity index is 2.09. The van der Waals surface area contributed by atoms with E-state index in [1.165, 1.54) is 0 Å². The summed E-state index contributed by atoms with van der Waals surface area (Å²) >= 11 is 5.99. The summed E-state index contributed by atoms with van der Waals surface area (Å²) in [7, 11) is 0. The molecule has 0 saturated heterocycles.